The molecule has 0 bridgehead atoms. The topological polar surface area (TPSA) is 64.6 Å². The molecule has 0 atom stereocenters. The predicted octanol–water partition coefficient (Wildman–Crippen LogP) is 4.48. The molecule has 1 amide bonds. The maximum absolute atomic E-state index is 12.2. The summed E-state index contributed by atoms with van der Waals surface area (Å²) in [5, 5.41) is 2.78. The summed E-state index contributed by atoms with van der Waals surface area (Å²) < 4.78 is 10.9. The first-order valence-corrected chi connectivity index (χ1v) is 8.91. The lowest BCUT2D eigenvalue weighted by atomic mass is 10.1. The van der Waals surface area contributed by atoms with Gasteiger partial charge in [0.1, 0.15) is 11.5 Å². The van der Waals surface area contributed by atoms with Crippen LogP contribution in [-0.2, 0) is 4.79 Å². The standard InChI is InChI=1S/C21H25NO4/c1-3-15-26-19-9-5-16(6-10-19)20(23)13-14-21(24)22-17-7-11-18(12-8-17)25-4-2/h5-12H,3-4,13-15H2,1-2H3,(H,22,24). The molecule has 0 fully saturated rings. The zero-order valence-electron chi connectivity index (χ0n) is 15.3. The van der Waals surface area contributed by atoms with Crippen LogP contribution in [0.15, 0.2) is 48.5 Å². The fourth-order valence-corrected chi connectivity index (χ4v) is 2.35. The van der Waals surface area contributed by atoms with E-state index in [0.717, 1.165) is 17.9 Å². The van der Waals surface area contributed by atoms with Crippen molar-refractivity contribution >= 4 is 17.4 Å². The lowest BCUT2D eigenvalue weighted by Crippen LogP contribution is -2.13. The summed E-state index contributed by atoms with van der Waals surface area (Å²) in [4.78, 5) is 24.2. The first-order valence-electron chi connectivity index (χ1n) is 8.91. The Kier molecular flexibility index (Phi) is 7.68. The smallest absolute Gasteiger partial charge is 0.224 e. The number of carbonyl (C=O) groups excluding carboxylic acids is 2. The molecule has 1 N–H and O–H groups in total. The van der Waals surface area contributed by atoms with Crippen LogP contribution in [0.5, 0.6) is 11.5 Å². The minimum atomic E-state index is -0.189. The van der Waals surface area contributed by atoms with Crippen molar-refractivity contribution in [2.24, 2.45) is 0 Å². The molecule has 0 saturated heterocycles. The van der Waals surface area contributed by atoms with Crippen molar-refractivity contribution in [1.29, 1.82) is 0 Å². The Morgan fingerprint density at radius 3 is 2.08 bits per heavy atom. The lowest BCUT2D eigenvalue weighted by Gasteiger charge is -2.07. The van der Waals surface area contributed by atoms with Crippen LogP contribution in [0, 0.1) is 0 Å². The molecule has 0 aliphatic heterocycles. The number of rotatable bonds is 10. The molecule has 0 saturated carbocycles. The molecule has 0 aromatic heterocycles. The number of Topliss-reactive ketones (excluding diaryl/α,β-unsaturated/α-hetero) is 1. The number of hydrogen-bond acceptors (Lipinski definition) is 4. The van der Waals surface area contributed by atoms with Gasteiger partial charge < -0.3 is 14.8 Å². The van der Waals surface area contributed by atoms with Crippen molar-refractivity contribution in [3.05, 3.63) is 54.1 Å². The summed E-state index contributed by atoms with van der Waals surface area (Å²) in [6.07, 6.45) is 1.24. The second-order valence-corrected chi connectivity index (χ2v) is 5.80. The normalized spacial score (nSPS) is 10.2. The van der Waals surface area contributed by atoms with E-state index in [1.165, 1.54) is 0 Å². The second kappa shape index (κ2) is 10.2. The molecular formula is C21H25NO4. The maximum atomic E-state index is 12.2. The summed E-state index contributed by atoms with van der Waals surface area (Å²) in [5.41, 5.74) is 1.27. The van der Waals surface area contributed by atoms with E-state index in [9.17, 15) is 9.59 Å². The van der Waals surface area contributed by atoms with E-state index < -0.39 is 0 Å². The molecule has 2 aromatic carbocycles. The maximum Gasteiger partial charge on any atom is 0.224 e. The molecule has 0 radical (unpaired) electrons. The molecule has 5 heteroatoms. The molecular weight excluding hydrogens is 330 g/mol. The van der Waals surface area contributed by atoms with Gasteiger partial charge in [-0.2, -0.15) is 0 Å². The number of anilines is 1. The van der Waals surface area contributed by atoms with Crippen LogP contribution < -0.4 is 14.8 Å². The average molecular weight is 355 g/mol. The molecule has 5 nitrogen and oxygen atoms in total. The SMILES string of the molecule is CCCOc1ccc(C(=O)CCC(=O)Nc2ccc(OCC)cc2)cc1. The van der Waals surface area contributed by atoms with Gasteiger partial charge in [-0.05, 0) is 61.9 Å². The summed E-state index contributed by atoms with van der Waals surface area (Å²) in [7, 11) is 0. The Balaban J connectivity index is 1.79. The molecule has 0 aliphatic carbocycles. The van der Waals surface area contributed by atoms with E-state index in [1.54, 1.807) is 48.5 Å². The van der Waals surface area contributed by atoms with Gasteiger partial charge >= 0.3 is 0 Å². The first-order chi connectivity index (χ1) is 12.6. The quantitative estimate of drug-likeness (QED) is 0.638. The van der Waals surface area contributed by atoms with Crippen molar-refractivity contribution < 1.29 is 19.1 Å². The molecule has 0 heterocycles. The average Bonchev–Trinajstić information content (AvgIpc) is 2.66. The van der Waals surface area contributed by atoms with E-state index in [4.69, 9.17) is 9.47 Å². The summed E-state index contributed by atoms with van der Waals surface area (Å²) in [5.74, 6) is 1.25. The van der Waals surface area contributed by atoms with Crippen LogP contribution in [0.2, 0.25) is 0 Å². The third kappa shape index (κ3) is 6.24. The molecule has 26 heavy (non-hydrogen) atoms. The number of hydrogen-bond donors (Lipinski definition) is 1. The molecule has 2 rings (SSSR count). The van der Waals surface area contributed by atoms with Gasteiger partial charge in [-0.3, -0.25) is 9.59 Å². The van der Waals surface area contributed by atoms with E-state index in [1.807, 2.05) is 13.8 Å². The van der Waals surface area contributed by atoms with E-state index in [2.05, 4.69) is 5.32 Å². The number of benzene rings is 2. The predicted molar refractivity (Wildman–Crippen MR) is 102 cm³/mol. The summed E-state index contributed by atoms with van der Waals surface area (Å²) >= 11 is 0. The Bertz CT molecular complexity index is 708. The van der Waals surface area contributed by atoms with Gasteiger partial charge in [-0.25, -0.2) is 0 Å². The van der Waals surface area contributed by atoms with Gasteiger partial charge in [0.25, 0.3) is 0 Å². The number of carbonyl (C=O) groups is 2. The van der Waals surface area contributed by atoms with Crippen LogP contribution >= 0.6 is 0 Å². The zero-order valence-corrected chi connectivity index (χ0v) is 15.3. The summed E-state index contributed by atoms with van der Waals surface area (Å²) in [6, 6.07) is 14.2. The third-order valence-electron chi connectivity index (χ3n) is 3.68. The van der Waals surface area contributed by atoms with Gasteiger partial charge in [0, 0.05) is 24.1 Å². The Hall–Kier alpha value is -2.82. The second-order valence-electron chi connectivity index (χ2n) is 5.80. The monoisotopic (exact) mass is 355 g/mol. The minimum Gasteiger partial charge on any atom is -0.494 e. The van der Waals surface area contributed by atoms with Crippen LogP contribution in [0.25, 0.3) is 0 Å². The molecule has 0 aliphatic rings. The fraction of sp³-hybridized carbons (Fsp3) is 0.333. The highest BCUT2D eigenvalue weighted by molar-refractivity contribution is 6.00. The van der Waals surface area contributed by atoms with Crippen molar-refractivity contribution in [2.75, 3.05) is 18.5 Å². The van der Waals surface area contributed by atoms with Crippen LogP contribution in [-0.4, -0.2) is 24.9 Å². The van der Waals surface area contributed by atoms with E-state index in [-0.39, 0.29) is 24.5 Å². The zero-order chi connectivity index (χ0) is 18.8. The van der Waals surface area contributed by atoms with Crippen molar-refractivity contribution in [3.8, 4) is 11.5 Å². The highest BCUT2D eigenvalue weighted by Crippen LogP contribution is 2.17. The fourth-order valence-electron chi connectivity index (χ4n) is 2.35. The molecule has 0 spiro atoms. The van der Waals surface area contributed by atoms with Crippen molar-refractivity contribution in [1.82, 2.24) is 0 Å². The highest BCUT2D eigenvalue weighted by atomic mass is 16.5. The lowest BCUT2D eigenvalue weighted by molar-refractivity contribution is -0.116. The van der Waals surface area contributed by atoms with Crippen LogP contribution in [0.3, 0.4) is 0 Å². The van der Waals surface area contributed by atoms with Crippen LogP contribution in [0.4, 0.5) is 5.69 Å². The van der Waals surface area contributed by atoms with Gasteiger partial charge in [0.05, 0.1) is 13.2 Å². The largest absolute Gasteiger partial charge is 0.494 e. The minimum absolute atomic E-state index is 0.0612. The van der Waals surface area contributed by atoms with Crippen LogP contribution in [0.1, 0.15) is 43.5 Å². The third-order valence-corrected chi connectivity index (χ3v) is 3.68. The highest BCUT2D eigenvalue weighted by Gasteiger charge is 2.10. The van der Waals surface area contributed by atoms with Gasteiger partial charge in [-0.15, -0.1) is 0 Å². The van der Waals surface area contributed by atoms with Gasteiger partial charge in [0.2, 0.25) is 5.91 Å². The van der Waals surface area contributed by atoms with E-state index in [0.29, 0.717) is 24.5 Å². The molecule has 0 unspecified atom stereocenters. The first kappa shape index (κ1) is 19.5. The molecule has 2 aromatic rings. The van der Waals surface area contributed by atoms with Gasteiger partial charge in [0.15, 0.2) is 5.78 Å². The van der Waals surface area contributed by atoms with E-state index >= 15 is 0 Å². The number of ether oxygens (including phenoxy) is 2. The summed E-state index contributed by atoms with van der Waals surface area (Å²) in [6.45, 7) is 5.20. The Morgan fingerprint density at radius 1 is 0.846 bits per heavy atom. The van der Waals surface area contributed by atoms with Crippen molar-refractivity contribution in [2.45, 2.75) is 33.1 Å². The Labute approximate surface area is 154 Å². The Morgan fingerprint density at radius 2 is 1.46 bits per heavy atom. The van der Waals surface area contributed by atoms with Gasteiger partial charge in [-0.1, -0.05) is 6.92 Å². The number of ketones is 1. The number of amides is 1. The molecule has 138 valence electrons. The van der Waals surface area contributed by atoms with Crippen molar-refractivity contribution in [3.63, 3.8) is 0 Å². The number of nitrogens with one attached hydrogen (secondary N) is 1.